The van der Waals surface area contributed by atoms with Gasteiger partial charge in [0.05, 0.1) is 6.54 Å². The summed E-state index contributed by atoms with van der Waals surface area (Å²) in [6.07, 6.45) is 3.33. The monoisotopic (exact) mass is 323 g/mol. The fraction of sp³-hybridized carbons (Fsp3) is 0.812. The van der Waals surface area contributed by atoms with E-state index >= 15 is 0 Å². The number of likely N-dealkylation sites (tertiary alicyclic amines) is 1. The highest BCUT2D eigenvalue weighted by Crippen LogP contribution is 2.33. The lowest BCUT2D eigenvalue weighted by Crippen LogP contribution is -2.50. The molecule has 2 aliphatic heterocycles. The molecule has 0 aromatic carbocycles. The highest BCUT2D eigenvalue weighted by atomic mass is 16.6. The summed E-state index contributed by atoms with van der Waals surface area (Å²) in [6.45, 7) is 6.52. The standard InChI is InChI=1S/C16H25N3O4/c1-15(2,3)23-14(22)18-8-7-16(10-18)12(20)19(13(21)17-16)9-11-5-4-6-11/h11H,4-10H2,1-3H3,(H,17,21). The quantitative estimate of drug-likeness (QED) is 0.785. The SMILES string of the molecule is CC(C)(C)OC(=O)N1CCC2(C1)NC(=O)N(CC1CCC1)C2=O. The summed E-state index contributed by atoms with van der Waals surface area (Å²) in [5.41, 5.74) is -1.54. The first-order valence-corrected chi connectivity index (χ1v) is 8.32. The van der Waals surface area contributed by atoms with Crippen LogP contribution in [0, 0.1) is 5.92 Å². The third-order valence-corrected chi connectivity index (χ3v) is 4.83. The number of carbonyl (C=O) groups is 3. The highest BCUT2D eigenvalue weighted by Gasteiger charge is 2.56. The molecule has 1 N–H and O–H groups in total. The Hall–Kier alpha value is -1.79. The minimum atomic E-state index is -0.961. The van der Waals surface area contributed by atoms with E-state index < -0.39 is 17.2 Å². The molecule has 1 atom stereocenters. The van der Waals surface area contributed by atoms with Gasteiger partial charge in [-0.1, -0.05) is 6.42 Å². The van der Waals surface area contributed by atoms with Crippen LogP contribution in [-0.4, -0.2) is 58.6 Å². The van der Waals surface area contributed by atoms with Crippen molar-refractivity contribution in [3.8, 4) is 0 Å². The fourth-order valence-corrected chi connectivity index (χ4v) is 3.34. The summed E-state index contributed by atoms with van der Waals surface area (Å²) in [5.74, 6) is 0.240. The summed E-state index contributed by atoms with van der Waals surface area (Å²) < 4.78 is 5.35. The number of amides is 4. The molecular formula is C16H25N3O4. The van der Waals surface area contributed by atoms with Crippen LogP contribution in [-0.2, 0) is 9.53 Å². The topological polar surface area (TPSA) is 79.0 Å². The van der Waals surface area contributed by atoms with Crippen LogP contribution in [0.1, 0.15) is 46.5 Å². The maximum atomic E-state index is 12.7. The summed E-state index contributed by atoms with van der Waals surface area (Å²) in [7, 11) is 0. The number of hydrogen-bond acceptors (Lipinski definition) is 4. The molecule has 1 unspecified atom stereocenters. The fourth-order valence-electron chi connectivity index (χ4n) is 3.34. The Morgan fingerprint density at radius 2 is 2.04 bits per heavy atom. The van der Waals surface area contributed by atoms with E-state index in [1.807, 2.05) is 0 Å². The Balaban J connectivity index is 1.65. The molecule has 1 aliphatic carbocycles. The first-order chi connectivity index (χ1) is 10.7. The van der Waals surface area contributed by atoms with Crippen molar-refractivity contribution in [3.05, 3.63) is 0 Å². The van der Waals surface area contributed by atoms with Gasteiger partial charge >= 0.3 is 12.1 Å². The molecule has 0 bridgehead atoms. The molecule has 3 aliphatic rings. The zero-order valence-electron chi connectivity index (χ0n) is 14.1. The van der Waals surface area contributed by atoms with Gasteiger partial charge in [-0.05, 0) is 46.0 Å². The van der Waals surface area contributed by atoms with Crippen LogP contribution in [0.25, 0.3) is 0 Å². The van der Waals surface area contributed by atoms with Crippen LogP contribution in [0.3, 0.4) is 0 Å². The van der Waals surface area contributed by atoms with Crippen LogP contribution < -0.4 is 5.32 Å². The molecule has 3 rings (SSSR count). The Labute approximate surface area is 136 Å². The lowest BCUT2D eigenvalue weighted by molar-refractivity contribution is -0.131. The molecule has 4 amide bonds. The smallest absolute Gasteiger partial charge is 0.410 e. The molecule has 0 radical (unpaired) electrons. The van der Waals surface area contributed by atoms with Gasteiger partial charge in [0.2, 0.25) is 0 Å². The highest BCUT2D eigenvalue weighted by molar-refractivity contribution is 6.07. The van der Waals surface area contributed by atoms with Gasteiger partial charge in [0, 0.05) is 13.1 Å². The molecule has 128 valence electrons. The van der Waals surface area contributed by atoms with Crippen molar-refractivity contribution in [2.24, 2.45) is 5.92 Å². The van der Waals surface area contributed by atoms with Crippen LogP contribution >= 0.6 is 0 Å². The van der Waals surface area contributed by atoms with Crippen molar-refractivity contribution in [2.75, 3.05) is 19.6 Å². The van der Waals surface area contributed by atoms with Crippen molar-refractivity contribution in [2.45, 2.75) is 57.6 Å². The van der Waals surface area contributed by atoms with Gasteiger partial charge in [0.15, 0.2) is 0 Å². The first kappa shape index (κ1) is 16.1. The van der Waals surface area contributed by atoms with E-state index in [0.29, 0.717) is 25.4 Å². The minimum Gasteiger partial charge on any atom is -0.444 e. The van der Waals surface area contributed by atoms with Gasteiger partial charge in [-0.25, -0.2) is 9.59 Å². The van der Waals surface area contributed by atoms with E-state index in [-0.39, 0.29) is 18.5 Å². The maximum absolute atomic E-state index is 12.7. The third-order valence-electron chi connectivity index (χ3n) is 4.83. The van der Waals surface area contributed by atoms with Gasteiger partial charge in [-0.3, -0.25) is 9.69 Å². The zero-order valence-corrected chi connectivity index (χ0v) is 14.1. The van der Waals surface area contributed by atoms with Gasteiger partial charge < -0.3 is 15.0 Å². The molecule has 23 heavy (non-hydrogen) atoms. The summed E-state index contributed by atoms with van der Waals surface area (Å²) in [4.78, 5) is 39.9. The number of nitrogens with zero attached hydrogens (tertiary/aromatic N) is 2. The number of urea groups is 1. The summed E-state index contributed by atoms with van der Waals surface area (Å²) >= 11 is 0. The van der Waals surface area contributed by atoms with Crippen molar-refractivity contribution in [1.29, 1.82) is 0 Å². The third kappa shape index (κ3) is 3.01. The van der Waals surface area contributed by atoms with E-state index in [0.717, 1.165) is 12.8 Å². The average molecular weight is 323 g/mol. The predicted molar refractivity (Wildman–Crippen MR) is 82.7 cm³/mol. The number of ether oxygens (including phenoxy) is 1. The lowest BCUT2D eigenvalue weighted by atomic mass is 9.85. The average Bonchev–Trinajstić information content (AvgIpc) is 2.88. The van der Waals surface area contributed by atoms with Crippen molar-refractivity contribution in [3.63, 3.8) is 0 Å². The van der Waals surface area contributed by atoms with Gasteiger partial charge in [0.1, 0.15) is 11.1 Å². The molecule has 0 aromatic rings. The molecular weight excluding hydrogens is 298 g/mol. The molecule has 7 heteroatoms. The zero-order chi connectivity index (χ0) is 16.8. The van der Waals surface area contributed by atoms with Crippen LogP contribution in [0.15, 0.2) is 0 Å². The number of hydrogen-bond donors (Lipinski definition) is 1. The van der Waals surface area contributed by atoms with Crippen LogP contribution in [0.4, 0.5) is 9.59 Å². The van der Waals surface area contributed by atoms with E-state index in [1.54, 1.807) is 20.8 Å². The second-order valence-corrected chi connectivity index (χ2v) is 7.88. The number of carbonyl (C=O) groups excluding carboxylic acids is 3. The minimum absolute atomic E-state index is 0.188. The molecule has 0 aromatic heterocycles. The van der Waals surface area contributed by atoms with Gasteiger partial charge in [0.25, 0.3) is 5.91 Å². The molecule has 1 spiro atoms. The molecule has 2 saturated heterocycles. The Morgan fingerprint density at radius 3 is 2.61 bits per heavy atom. The second-order valence-electron chi connectivity index (χ2n) is 7.88. The lowest BCUT2D eigenvalue weighted by Gasteiger charge is -2.29. The molecule has 7 nitrogen and oxygen atoms in total. The Kier molecular flexibility index (Phi) is 3.77. The number of imide groups is 1. The second kappa shape index (κ2) is 5.39. The van der Waals surface area contributed by atoms with E-state index in [1.165, 1.54) is 16.2 Å². The normalized spacial score (nSPS) is 28.3. The van der Waals surface area contributed by atoms with Gasteiger partial charge in [-0.15, -0.1) is 0 Å². The van der Waals surface area contributed by atoms with E-state index in [9.17, 15) is 14.4 Å². The van der Waals surface area contributed by atoms with Crippen molar-refractivity contribution < 1.29 is 19.1 Å². The largest absolute Gasteiger partial charge is 0.444 e. The Bertz CT molecular complexity index is 538. The Morgan fingerprint density at radius 1 is 1.35 bits per heavy atom. The summed E-state index contributed by atoms with van der Waals surface area (Å²) in [5, 5.41) is 2.82. The number of rotatable bonds is 2. The van der Waals surface area contributed by atoms with Crippen molar-refractivity contribution >= 4 is 18.0 Å². The van der Waals surface area contributed by atoms with Gasteiger partial charge in [-0.2, -0.15) is 0 Å². The molecule has 3 fully saturated rings. The van der Waals surface area contributed by atoms with E-state index in [2.05, 4.69) is 5.32 Å². The van der Waals surface area contributed by atoms with Crippen molar-refractivity contribution in [1.82, 2.24) is 15.1 Å². The number of nitrogens with one attached hydrogen (secondary N) is 1. The first-order valence-electron chi connectivity index (χ1n) is 8.32. The molecule has 1 saturated carbocycles. The summed E-state index contributed by atoms with van der Waals surface area (Å²) in [6, 6.07) is -0.326. The predicted octanol–water partition coefficient (Wildman–Crippen LogP) is 1.72. The maximum Gasteiger partial charge on any atom is 0.410 e. The van der Waals surface area contributed by atoms with Crippen LogP contribution in [0.5, 0.6) is 0 Å². The van der Waals surface area contributed by atoms with Crippen LogP contribution in [0.2, 0.25) is 0 Å². The van der Waals surface area contributed by atoms with E-state index in [4.69, 9.17) is 4.74 Å². The molecule has 2 heterocycles.